The Labute approximate surface area is 121 Å². The molecule has 5 heteroatoms. The first-order valence-corrected chi connectivity index (χ1v) is 7.48. The zero-order valence-corrected chi connectivity index (χ0v) is 12.9. The molecule has 1 fully saturated rings. The van der Waals surface area contributed by atoms with Gasteiger partial charge in [-0.2, -0.15) is 0 Å². The molecule has 0 aromatic rings. The molecule has 2 unspecified atom stereocenters. The average molecular weight is 285 g/mol. The molecule has 5 nitrogen and oxygen atoms in total. The number of unbranched alkanes of at least 4 members (excludes halogenated alkanes) is 1. The number of amides is 1. The lowest BCUT2D eigenvalue weighted by molar-refractivity contribution is -0.159. The van der Waals surface area contributed by atoms with E-state index in [1.165, 1.54) is 7.11 Å². The largest absolute Gasteiger partial charge is 0.481 e. The number of carboxylic acids is 1. The number of carbonyl (C=O) groups excluding carboxylic acids is 1. The molecular formula is C15H27NO4. The molecule has 1 rings (SSSR count). The number of aliphatic carboxylic acids is 1. The molecule has 0 saturated carbocycles. The van der Waals surface area contributed by atoms with E-state index in [1.54, 1.807) is 4.90 Å². The summed E-state index contributed by atoms with van der Waals surface area (Å²) in [6.07, 6.45) is 4.27. The SMILES string of the molecule is CCCCC(C)C(=O)N1CCCC(COC)(C(=O)O)C1. The van der Waals surface area contributed by atoms with E-state index in [4.69, 9.17) is 4.74 Å². The maximum atomic E-state index is 12.4. The fourth-order valence-electron chi connectivity index (χ4n) is 2.90. The smallest absolute Gasteiger partial charge is 0.313 e. The van der Waals surface area contributed by atoms with Crippen LogP contribution in [0.1, 0.15) is 46.0 Å². The molecule has 2 atom stereocenters. The van der Waals surface area contributed by atoms with Gasteiger partial charge in [-0.15, -0.1) is 0 Å². The number of nitrogens with zero attached hydrogens (tertiary/aromatic N) is 1. The standard InChI is InChI=1S/C15H27NO4/c1-4-5-7-12(2)13(17)16-9-6-8-15(10-16,11-20-3)14(18)19/h12H,4-11H2,1-3H3,(H,18,19). The van der Waals surface area contributed by atoms with E-state index >= 15 is 0 Å². The molecule has 116 valence electrons. The summed E-state index contributed by atoms with van der Waals surface area (Å²) >= 11 is 0. The number of ether oxygens (including phenoxy) is 1. The van der Waals surface area contributed by atoms with Crippen LogP contribution in [0.3, 0.4) is 0 Å². The monoisotopic (exact) mass is 285 g/mol. The maximum Gasteiger partial charge on any atom is 0.313 e. The minimum atomic E-state index is -0.937. The summed E-state index contributed by atoms with van der Waals surface area (Å²) in [5.41, 5.74) is -0.937. The highest BCUT2D eigenvalue weighted by Gasteiger charge is 2.44. The van der Waals surface area contributed by atoms with Crippen molar-refractivity contribution in [2.45, 2.75) is 46.0 Å². The number of carbonyl (C=O) groups is 2. The number of methoxy groups -OCH3 is 1. The summed E-state index contributed by atoms with van der Waals surface area (Å²) in [6, 6.07) is 0. The molecule has 1 saturated heterocycles. The number of hydrogen-bond acceptors (Lipinski definition) is 3. The lowest BCUT2D eigenvalue weighted by atomic mass is 9.80. The summed E-state index contributed by atoms with van der Waals surface area (Å²) in [5, 5.41) is 9.48. The van der Waals surface area contributed by atoms with Crippen LogP contribution < -0.4 is 0 Å². The fourth-order valence-corrected chi connectivity index (χ4v) is 2.90. The van der Waals surface area contributed by atoms with Gasteiger partial charge in [-0.3, -0.25) is 9.59 Å². The third-order valence-corrected chi connectivity index (χ3v) is 4.18. The number of piperidine rings is 1. The second-order valence-electron chi connectivity index (χ2n) is 5.93. The average Bonchev–Trinajstić information content (AvgIpc) is 2.44. The number of likely N-dealkylation sites (tertiary alicyclic amines) is 1. The Balaban J connectivity index is 2.72. The molecule has 0 radical (unpaired) electrons. The van der Waals surface area contributed by atoms with Crippen LogP contribution in [-0.4, -0.2) is 48.7 Å². The van der Waals surface area contributed by atoms with Crippen molar-refractivity contribution in [1.82, 2.24) is 4.90 Å². The number of hydrogen-bond donors (Lipinski definition) is 1. The van der Waals surface area contributed by atoms with Crippen molar-refractivity contribution >= 4 is 11.9 Å². The van der Waals surface area contributed by atoms with Gasteiger partial charge in [-0.1, -0.05) is 26.7 Å². The highest BCUT2D eigenvalue weighted by atomic mass is 16.5. The molecule has 0 spiro atoms. The lowest BCUT2D eigenvalue weighted by Gasteiger charge is -2.40. The Bertz CT molecular complexity index is 341. The van der Waals surface area contributed by atoms with Gasteiger partial charge in [0, 0.05) is 26.1 Å². The molecule has 1 aliphatic heterocycles. The predicted octanol–water partition coefficient (Wildman–Crippen LogP) is 2.15. The van der Waals surface area contributed by atoms with Crippen LogP contribution in [0.5, 0.6) is 0 Å². The quantitative estimate of drug-likeness (QED) is 0.778. The van der Waals surface area contributed by atoms with Crippen LogP contribution in [0.4, 0.5) is 0 Å². The van der Waals surface area contributed by atoms with E-state index in [2.05, 4.69) is 6.92 Å². The number of carboxylic acid groups (broad SMARTS) is 1. The second kappa shape index (κ2) is 7.62. The molecule has 0 aromatic heterocycles. The molecule has 0 bridgehead atoms. The van der Waals surface area contributed by atoms with Crippen molar-refractivity contribution < 1.29 is 19.4 Å². The van der Waals surface area contributed by atoms with Crippen LogP contribution in [0.25, 0.3) is 0 Å². The first kappa shape index (κ1) is 17.0. The Hall–Kier alpha value is -1.10. The molecule has 0 aliphatic carbocycles. The van der Waals surface area contributed by atoms with Gasteiger partial charge in [0.15, 0.2) is 0 Å². The van der Waals surface area contributed by atoms with Gasteiger partial charge in [0.2, 0.25) is 5.91 Å². The molecule has 1 heterocycles. The minimum absolute atomic E-state index is 0.0258. The summed E-state index contributed by atoms with van der Waals surface area (Å²) in [6.45, 7) is 5.13. The number of rotatable bonds is 7. The zero-order valence-electron chi connectivity index (χ0n) is 12.9. The maximum absolute atomic E-state index is 12.4. The van der Waals surface area contributed by atoms with Crippen LogP contribution in [-0.2, 0) is 14.3 Å². The Morgan fingerprint density at radius 1 is 1.45 bits per heavy atom. The fraction of sp³-hybridized carbons (Fsp3) is 0.867. The van der Waals surface area contributed by atoms with Crippen LogP contribution in [0, 0.1) is 11.3 Å². The normalized spacial score (nSPS) is 24.4. The van der Waals surface area contributed by atoms with Gasteiger partial charge >= 0.3 is 5.97 Å². The van der Waals surface area contributed by atoms with Crippen LogP contribution in [0.15, 0.2) is 0 Å². The third-order valence-electron chi connectivity index (χ3n) is 4.18. The minimum Gasteiger partial charge on any atom is -0.481 e. The summed E-state index contributed by atoms with van der Waals surface area (Å²) in [7, 11) is 1.51. The van der Waals surface area contributed by atoms with Crippen LogP contribution >= 0.6 is 0 Å². The van der Waals surface area contributed by atoms with Crippen molar-refractivity contribution in [3.05, 3.63) is 0 Å². The van der Waals surface area contributed by atoms with Crippen molar-refractivity contribution in [2.75, 3.05) is 26.8 Å². The van der Waals surface area contributed by atoms with Crippen molar-refractivity contribution in [2.24, 2.45) is 11.3 Å². The van der Waals surface area contributed by atoms with Gasteiger partial charge in [0.1, 0.15) is 5.41 Å². The first-order valence-electron chi connectivity index (χ1n) is 7.48. The highest BCUT2D eigenvalue weighted by molar-refractivity contribution is 5.81. The third kappa shape index (κ3) is 3.95. The van der Waals surface area contributed by atoms with Gasteiger partial charge in [0.05, 0.1) is 6.61 Å². The van der Waals surface area contributed by atoms with E-state index in [9.17, 15) is 14.7 Å². The van der Waals surface area contributed by atoms with Gasteiger partial charge in [0.25, 0.3) is 0 Å². The Kier molecular flexibility index (Phi) is 6.46. The Morgan fingerprint density at radius 3 is 2.70 bits per heavy atom. The predicted molar refractivity (Wildman–Crippen MR) is 76.4 cm³/mol. The summed E-state index contributed by atoms with van der Waals surface area (Å²) < 4.78 is 5.08. The van der Waals surface area contributed by atoms with Gasteiger partial charge in [-0.05, 0) is 19.3 Å². The second-order valence-corrected chi connectivity index (χ2v) is 5.93. The topological polar surface area (TPSA) is 66.8 Å². The lowest BCUT2D eigenvalue weighted by Crippen LogP contribution is -2.53. The van der Waals surface area contributed by atoms with Gasteiger partial charge in [-0.25, -0.2) is 0 Å². The van der Waals surface area contributed by atoms with Gasteiger partial charge < -0.3 is 14.7 Å². The van der Waals surface area contributed by atoms with E-state index < -0.39 is 11.4 Å². The molecule has 0 aromatic carbocycles. The molecule has 1 N–H and O–H groups in total. The molecule has 20 heavy (non-hydrogen) atoms. The zero-order chi connectivity index (χ0) is 15.2. The van der Waals surface area contributed by atoms with Crippen LogP contribution in [0.2, 0.25) is 0 Å². The van der Waals surface area contributed by atoms with Crippen molar-refractivity contribution in [3.8, 4) is 0 Å². The van der Waals surface area contributed by atoms with Crippen molar-refractivity contribution in [1.29, 1.82) is 0 Å². The van der Waals surface area contributed by atoms with E-state index in [0.717, 1.165) is 25.7 Å². The van der Waals surface area contributed by atoms with E-state index in [1.807, 2.05) is 6.92 Å². The molecular weight excluding hydrogens is 258 g/mol. The van der Waals surface area contributed by atoms with Crippen molar-refractivity contribution in [3.63, 3.8) is 0 Å². The highest BCUT2D eigenvalue weighted by Crippen LogP contribution is 2.31. The molecule has 1 amide bonds. The Morgan fingerprint density at radius 2 is 2.15 bits per heavy atom. The molecule has 1 aliphatic rings. The summed E-state index contributed by atoms with van der Waals surface area (Å²) in [4.78, 5) is 25.7. The van der Waals surface area contributed by atoms with E-state index in [0.29, 0.717) is 13.0 Å². The summed E-state index contributed by atoms with van der Waals surface area (Å²) in [5.74, 6) is -0.806. The van der Waals surface area contributed by atoms with E-state index in [-0.39, 0.29) is 25.0 Å². The first-order chi connectivity index (χ1) is 9.46.